The topological polar surface area (TPSA) is 53.5 Å². The summed E-state index contributed by atoms with van der Waals surface area (Å²) in [6, 6.07) is 0.173. The van der Waals surface area contributed by atoms with Gasteiger partial charge >= 0.3 is 0 Å². The van der Waals surface area contributed by atoms with Gasteiger partial charge in [-0.15, -0.1) is 11.3 Å². The lowest BCUT2D eigenvalue weighted by Gasteiger charge is -2.37. The number of hydrogen-bond donors (Lipinski definition) is 0. The van der Waals surface area contributed by atoms with Gasteiger partial charge in [0, 0.05) is 43.0 Å². The van der Waals surface area contributed by atoms with E-state index < -0.39 is 0 Å². The highest BCUT2D eigenvalue weighted by molar-refractivity contribution is 7.09. The minimum Gasteiger partial charge on any atom is -0.342 e. The Balaban J connectivity index is 1.35. The van der Waals surface area contributed by atoms with Gasteiger partial charge < -0.3 is 9.80 Å². The number of nitrogens with zero attached hydrogens (tertiary/aromatic N) is 3. The summed E-state index contributed by atoms with van der Waals surface area (Å²) >= 11 is 1.65. The number of rotatable bonds is 3. The number of carbonyl (C=O) groups excluding carboxylic acids is 2. The molecule has 0 aromatic carbocycles. The number of thiazole rings is 1. The summed E-state index contributed by atoms with van der Waals surface area (Å²) in [4.78, 5) is 33.8. The van der Waals surface area contributed by atoms with Crippen LogP contribution in [0.25, 0.3) is 0 Å². The predicted octanol–water partition coefficient (Wildman–Crippen LogP) is 2.85. The minimum atomic E-state index is 0.0796. The second kappa shape index (κ2) is 6.82. The van der Waals surface area contributed by atoms with Crippen LogP contribution in [0.3, 0.4) is 0 Å². The first kappa shape index (κ1) is 16.1. The number of piperidine rings is 1. The molecule has 2 amide bonds. The zero-order valence-electron chi connectivity index (χ0n) is 14.0. The Bertz CT molecular complexity index is 591. The summed E-state index contributed by atoms with van der Waals surface area (Å²) in [5.74, 6) is 0.957. The average molecular weight is 347 g/mol. The second-order valence-corrected chi connectivity index (χ2v) is 8.21. The summed E-state index contributed by atoms with van der Waals surface area (Å²) in [7, 11) is 0. The van der Waals surface area contributed by atoms with Crippen LogP contribution in [0.4, 0.5) is 0 Å². The van der Waals surface area contributed by atoms with Crippen molar-refractivity contribution in [2.75, 3.05) is 19.6 Å². The molecule has 6 heteroatoms. The molecule has 0 spiro atoms. The zero-order chi connectivity index (χ0) is 16.5. The van der Waals surface area contributed by atoms with Crippen molar-refractivity contribution in [3.05, 3.63) is 16.6 Å². The molecule has 0 bridgehead atoms. The van der Waals surface area contributed by atoms with Crippen LogP contribution in [0.15, 0.2) is 11.6 Å². The van der Waals surface area contributed by atoms with Crippen molar-refractivity contribution in [1.82, 2.24) is 14.8 Å². The van der Waals surface area contributed by atoms with Crippen LogP contribution in [0.1, 0.15) is 56.0 Å². The normalized spacial score (nSPS) is 25.8. The fraction of sp³-hybridized carbons (Fsp3) is 0.722. The number of carbonyl (C=O) groups is 2. The quantitative estimate of drug-likeness (QED) is 0.845. The molecule has 2 aliphatic heterocycles. The van der Waals surface area contributed by atoms with Gasteiger partial charge in [-0.1, -0.05) is 6.42 Å². The van der Waals surface area contributed by atoms with E-state index in [4.69, 9.17) is 0 Å². The Hall–Kier alpha value is -1.43. The molecule has 0 N–H and O–H groups in total. The Morgan fingerprint density at radius 3 is 2.33 bits per heavy atom. The lowest BCUT2D eigenvalue weighted by atomic mass is 9.83. The molecular weight excluding hydrogens is 322 g/mol. The van der Waals surface area contributed by atoms with Crippen LogP contribution >= 0.6 is 11.3 Å². The van der Waals surface area contributed by atoms with Crippen molar-refractivity contribution in [2.45, 2.75) is 51.0 Å². The molecule has 24 heavy (non-hydrogen) atoms. The molecule has 3 fully saturated rings. The SMILES string of the molecule is O=C(C1CCC1)N1CCC(C(=O)N2CCCC2c2nccs2)CC1. The minimum absolute atomic E-state index is 0.0796. The molecule has 1 unspecified atom stereocenters. The van der Waals surface area contributed by atoms with E-state index in [-0.39, 0.29) is 23.8 Å². The molecule has 3 heterocycles. The number of likely N-dealkylation sites (tertiary alicyclic amines) is 2. The van der Waals surface area contributed by atoms with E-state index in [0.717, 1.165) is 63.2 Å². The Kier molecular flexibility index (Phi) is 4.57. The van der Waals surface area contributed by atoms with Gasteiger partial charge in [-0.25, -0.2) is 4.98 Å². The van der Waals surface area contributed by atoms with E-state index in [1.807, 2.05) is 21.4 Å². The highest BCUT2D eigenvalue weighted by Crippen LogP contribution is 2.36. The molecule has 1 atom stereocenters. The molecule has 4 rings (SSSR count). The highest BCUT2D eigenvalue weighted by Gasteiger charge is 2.38. The van der Waals surface area contributed by atoms with E-state index in [1.54, 1.807) is 11.3 Å². The predicted molar refractivity (Wildman–Crippen MR) is 92.4 cm³/mol. The van der Waals surface area contributed by atoms with Crippen LogP contribution in [0.5, 0.6) is 0 Å². The van der Waals surface area contributed by atoms with Gasteiger partial charge in [0.25, 0.3) is 0 Å². The maximum atomic E-state index is 13.0. The second-order valence-electron chi connectivity index (χ2n) is 7.29. The van der Waals surface area contributed by atoms with Crippen molar-refractivity contribution in [3.8, 4) is 0 Å². The maximum absolute atomic E-state index is 13.0. The van der Waals surface area contributed by atoms with Gasteiger partial charge in [0.2, 0.25) is 11.8 Å². The summed E-state index contributed by atoms with van der Waals surface area (Å²) in [6.07, 6.45) is 8.86. The third-order valence-corrected chi connectivity index (χ3v) is 6.76. The van der Waals surface area contributed by atoms with Gasteiger partial charge in [0.1, 0.15) is 5.01 Å². The van der Waals surface area contributed by atoms with Gasteiger partial charge in [-0.3, -0.25) is 9.59 Å². The van der Waals surface area contributed by atoms with Crippen molar-refractivity contribution in [1.29, 1.82) is 0 Å². The van der Waals surface area contributed by atoms with Gasteiger partial charge in [-0.2, -0.15) is 0 Å². The molecule has 3 aliphatic rings. The van der Waals surface area contributed by atoms with Crippen LogP contribution in [-0.4, -0.2) is 46.2 Å². The molecule has 1 aromatic heterocycles. The van der Waals surface area contributed by atoms with Crippen LogP contribution in [0.2, 0.25) is 0 Å². The van der Waals surface area contributed by atoms with Gasteiger partial charge in [-0.05, 0) is 38.5 Å². The van der Waals surface area contributed by atoms with E-state index in [1.165, 1.54) is 6.42 Å². The maximum Gasteiger partial charge on any atom is 0.226 e. The van der Waals surface area contributed by atoms with Crippen molar-refractivity contribution in [3.63, 3.8) is 0 Å². The van der Waals surface area contributed by atoms with Crippen molar-refractivity contribution in [2.24, 2.45) is 11.8 Å². The summed E-state index contributed by atoms with van der Waals surface area (Å²) < 4.78 is 0. The summed E-state index contributed by atoms with van der Waals surface area (Å²) in [5, 5.41) is 3.05. The average Bonchev–Trinajstić information content (AvgIpc) is 3.23. The zero-order valence-corrected chi connectivity index (χ0v) is 14.8. The standard InChI is InChI=1S/C18H25N3O2S/c22-17(13-3-1-4-13)20-10-6-14(7-11-20)18(23)21-9-2-5-15(21)16-19-8-12-24-16/h8,12-15H,1-7,9-11H2. The third kappa shape index (κ3) is 2.96. The lowest BCUT2D eigenvalue weighted by Crippen LogP contribution is -2.46. The number of amides is 2. The van der Waals surface area contributed by atoms with E-state index in [9.17, 15) is 9.59 Å². The molecule has 1 saturated carbocycles. The monoisotopic (exact) mass is 347 g/mol. The van der Waals surface area contributed by atoms with E-state index in [2.05, 4.69) is 4.98 Å². The van der Waals surface area contributed by atoms with Crippen molar-refractivity contribution < 1.29 is 9.59 Å². The molecular formula is C18H25N3O2S. The summed E-state index contributed by atoms with van der Waals surface area (Å²) in [6.45, 7) is 2.35. The first-order valence-electron chi connectivity index (χ1n) is 9.22. The highest BCUT2D eigenvalue weighted by atomic mass is 32.1. The van der Waals surface area contributed by atoms with Gasteiger partial charge in [0.05, 0.1) is 6.04 Å². The Morgan fingerprint density at radius 2 is 1.71 bits per heavy atom. The molecule has 1 aliphatic carbocycles. The summed E-state index contributed by atoms with van der Waals surface area (Å²) in [5.41, 5.74) is 0. The van der Waals surface area contributed by atoms with Crippen molar-refractivity contribution >= 4 is 23.2 Å². The largest absolute Gasteiger partial charge is 0.342 e. The Morgan fingerprint density at radius 1 is 0.958 bits per heavy atom. The fourth-order valence-electron chi connectivity index (χ4n) is 4.18. The molecule has 1 aromatic rings. The van der Waals surface area contributed by atoms with E-state index >= 15 is 0 Å². The first-order chi connectivity index (χ1) is 11.7. The van der Waals surface area contributed by atoms with Crippen LogP contribution in [-0.2, 0) is 9.59 Å². The number of aromatic nitrogens is 1. The molecule has 2 saturated heterocycles. The molecule has 130 valence electrons. The first-order valence-corrected chi connectivity index (χ1v) is 10.1. The number of hydrogen-bond acceptors (Lipinski definition) is 4. The Labute approximate surface area is 147 Å². The van der Waals surface area contributed by atoms with Crippen LogP contribution < -0.4 is 0 Å². The molecule has 0 radical (unpaired) electrons. The lowest BCUT2D eigenvalue weighted by molar-refractivity contribution is -0.144. The van der Waals surface area contributed by atoms with Gasteiger partial charge in [0.15, 0.2) is 0 Å². The van der Waals surface area contributed by atoms with E-state index in [0.29, 0.717) is 5.91 Å². The molecule has 5 nitrogen and oxygen atoms in total. The smallest absolute Gasteiger partial charge is 0.226 e. The fourth-order valence-corrected chi connectivity index (χ4v) is 4.97. The van der Waals surface area contributed by atoms with Crippen LogP contribution in [0, 0.1) is 11.8 Å². The third-order valence-electron chi connectivity index (χ3n) is 5.88.